The van der Waals surface area contributed by atoms with Gasteiger partial charge in [0.1, 0.15) is 5.69 Å². The maximum absolute atomic E-state index is 12.6. The van der Waals surface area contributed by atoms with Crippen LogP contribution in [0.25, 0.3) is 16.5 Å². The molecule has 0 fully saturated rings. The smallest absolute Gasteiger partial charge is 0.871 e. The Labute approximate surface area is 364 Å². The number of benzene rings is 5. The Bertz CT molecular complexity index is 2770. The molecule has 1 N–H and O–H groups in total. The van der Waals surface area contributed by atoms with E-state index in [9.17, 15) is 42.1 Å². The first-order valence-corrected chi connectivity index (χ1v) is 19.9. The summed E-state index contributed by atoms with van der Waals surface area (Å²) in [5.41, 5.74) is 0.619. The van der Waals surface area contributed by atoms with Crippen LogP contribution in [0.2, 0.25) is 5.02 Å². The van der Waals surface area contributed by atoms with Crippen molar-refractivity contribution in [1.82, 2.24) is 9.78 Å². The molecule has 0 saturated carbocycles. The number of nitrogens with zero attached hydrogens (tertiary/aromatic N) is 6. The molecule has 57 heavy (non-hydrogen) atoms. The Morgan fingerprint density at radius 2 is 1.25 bits per heavy atom. The summed E-state index contributed by atoms with van der Waals surface area (Å²) in [6, 6.07) is 21.3. The molecular formula is C36H28ClCrN7NaO9S2. The number of azo groups is 2. The molecule has 0 unspecified atom stereocenters. The number of aryl methyl sites for hydroxylation is 1. The molecular weight excluding hydrogens is 849 g/mol. The van der Waals surface area contributed by atoms with E-state index in [4.69, 9.17) is 11.6 Å². The molecule has 0 aliphatic carbocycles. The van der Waals surface area contributed by atoms with Crippen LogP contribution in [0.5, 0.6) is 23.1 Å². The van der Waals surface area contributed by atoms with Gasteiger partial charge in [-0.1, -0.05) is 71.3 Å². The molecule has 0 saturated heterocycles. The summed E-state index contributed by atoms with van der Waals surface area (Å²) in [4.78, 5) is 11.3. The van der Waals surface area contributed by atoms with Crippen molar-refractivity contribution in [2.24, 2.45) is 20.5 Å². The van der Waals surface area contributed by atoms with Crippen LogP contribution < -0.4 is 55.3 Å². The topological polar surface area (TPSA) is 257 Å². The molecule has 6 rings (SSSR count). The van der Waals surface area contributed by atoms with Crippen molar-refractivity contribution < 1.29 is 89.0 Å². The Morgan fingerprint density at radius 3 is 1.77 bits per heavy atom. The SMILES string of the molecule is CC(=O)Nc1cccc2ccc([O-])c(N=Nc3cc(S(C)(=O)=O)ccc3[O-])c12.Cc1nn(-c2cccc(Cl)c2)c([O-])c1N=Nc1cc(S(C)(=O)=O)ccc1[O-].[Cr+3].[Na+]. The normalized spacial score (nSPS) is 11.5. The first-order chi connectivity index (χ1) is 25.8. The van der Waals surface area contributed by atoms with Gasteiger partial charge in [-0.2, -0.15) is 20.4 Å². The molecule has 1 aromatic heterocycles. The average molecular weight is 877 g/mol. The van der Waals surface area contributed by atoms with E-state index in [0.717, 1.165) is 41.5 Å². The number of nitrogens with one attached hydrogen (secondary N) is 1. The van der Waals surface area contributed by atoms with E-state index in [-0.39, 0.29) is 85.4 Å². The van der Waals surface area contributed by atoms with Crippen molar-refractivity contribution >= 4 is 76.4 Å². The predicted molar refractivity (Wildman–Crippen MR) is 197 cm³/mol. The molecule has 1 amide bonds. The molecule has 0 atom stereocenters. The van der Waals surface area contributed by atoms with Crippen molar-refractivity contribution in [3.05, 3.63) is 102 Å². The number of anilines is 1. The molecule has 1 radical (unpaired) electrons. The number of aromatic nitrogens is 2. The van der Waals surface area contributed by atoms with Crippen molar-refractivity contribution in [2.75, 3.05) is 17.8 Å². The average Bonchev–Trinajstić information content (AvgIpc) is 3.39. The van der Waals surface area contributed by atoms with E-state index in [0.29, 0.717) is 32.9 Å². The van der Waals surface area contributed by atoms with Crippen LogP contribution >= 0.6 is 11.6 Å². The van der Waals surface area contributed by atoms with Gasteiger partial charge < -0.3 is 25.7 Å². The second-order valence-electron chi connectivity index (χ2n) is 11.8. The number of halogens is 1. The van der Waals surface area contributed by atoms with Gasteiger partial charge in [0.05, 0.1) is 43.9 Å². The van der Waals surface area contributed by atoms with Crippen molar-refractivity contribution in [3.63, 3.8) is 0 Å². The number of hydrogen-bond donors (Lipinski definition) is 1. The third kappa shape index (κ3) is 11.4. The van der Waals surface area contributed by atoms with Crippen LogP contribution in [0.4, 0.5) is 28.4 Å². The van der Waals surface area contributed by atoms with Crippen molar-refractivity contribution in [1.29, 1.82) is 0 Å². The zero-order valence-electron chi connectivity index (χ0n) is 30.6. The van der Waals surface area contributed by atoms with Gasteiger partial charge >= 0.3 is 46.9 Å². The maximum atomic E-state index is 12.6. The Hall–Kier alpha value is -4.84. The zero-order valence-corrected chi connectivity index (χ0v) is 36.3. The van der Waals surface area contributed by atoms with Crippen LogP contribution in [0.1, 0.15) is 12.6 Å². The number of carbonyl (C=O) groups excluding carboxylic acids is 1. The van der Waals surface area contributed by atoms with Gasteiger partial charge in [0, 0.05) is 35.7 Å². The first-order valence-electron chi connectivity index (χ1n) is 15.7. The first kappa shape index (κ1) is 46.5. The van der Waals surface area contributed by atoms with Crippen LogP contribution in [0, 0.1) is 6.92 Å². The summed E-state index contributed by atoms with van der Waals surface area (Å²) in [7, 11) is -7.05. The third-order valence-corrected chi connectivity index (χ3v) is 10.0. The van der Waals surface area contributed by atoms with Gasteiger partial charge in [-0.25, -0.2) is 21.5 Å². The molecule has 16 nitrogen and oxygen atoms in total. The fraction of sp³-hybridized carbons (Fsp3) is 0.111. The van der Waals surface area contributed by atoms with Gasteiger partial charge in [0.15, 0.2) is 19.7 Å². The standard InChI is InChI=1S/C19H17N3O5S.C17H15ClN4O4S.Cr.Na/c1-11(23)20-14-5-3-4-12-6-8-17(25)19(18(12)14)22-21-15-10-13(28(2,26)27)7-9-16(15)24;1-10-16(17(24)22(21-10)12-5-3-4-11(18)8-12)20-19-14-9-13(27(2,25)26)6-7-15(14)23;;/h3-10,24-25H,1-2H3,(H,20,23);3-9,23-24H,1-2H3;;/q;;+3;+1/p-4. The molecule has 5 aromatic carbocycles. The monoisotopic (exact) mass is 876 g/mol. The molecule has 21 heteroatoms. The van der Waals surface area contributed by atoms with Crippen molar-refractivity contribution in [3.8, 4) is 28.8 Å². The largest absolute Gasteiger partial charge is 3.00 e. The van der Waals surface area contributed by atoms with Crippen LogP contribution in [0.15, 0.2) is 121 Å². The molecule has 1 heterocycles. The summed E-state index contributed by atoms with van der Waals surface area (Å²) in [5.74, 6) is -2.37. The van der Waals surface area contributed by atoms with Crippen LogP contribution in [-0.2, 0) is 41.8 Å². The van der Waals surface area contributed by atoms with Crippen LogP contribution in [0.3, 0.4) is 0 Å². The fourth-order valence-corrected chi connectivity index (χ4v) is 6.42. The van der Waals surface area contributed by atoms with Gasteiger partial charge in [0.25, 0.3) is 0 Å². The summed E-state index contributed by atoms with van der Waals surface area (Å²) in [6.45, 7) is 2.91. The van der Waals surface area contributed by atoms with Crippen LogP contribution in [-0.4, -0.2) is 45.0 Å². The van der Waals surface area contributed by atoms with E-state index in [2.05, 4.69) is 30.9 Å². The number of amides is 1. The van der Waals surface area contributed by atoms with Gasteiger partial charge in [-0.3, -0.25) is 4.79 Å². The number of carbonyl (C=O) groups is 1. The molecule has 0 aliphatic rings. The molecule has 6 aromatic rings. The third-order valence-electron chi connectivity index (χ3n) is 7.56. The number of fused-ring (bicyclic) bond motifs is 1. The van der Waals surface area contributed by atoms with E-state index in [1.807, 2.05) is 0 Å². The predicted octanol–water partition coefficient (Wildman–Crippen LogP) is 2.57. The summed E-state index contributed by atoms with van der Waals surface area (Å²) in [5, 5.41) is 72.4. The number of rotatable bonds is 8. The Balaban J connectivity index is 0.000000295. The second-order valence-corrected chi connectivity index (χ2v) is 16.3. The molecule has 287 valence electrons. The number of sulfone groups is 2. The second kappa shape index (κ2) is 19.1. The summed E-state index contributed by atoms with van der Waals surface area (Å²) >= 11 is 5.93. The van der Waals surface area contributed by atoms with E-state index in [1.165, 1.54) is 25.1 Å². The minimum atomic E-state index is -3.54. The Morgan fingerprint density at radius 1 is 0.719 bits per heavy atom. The minimum absolute atomic E-state index is 0. The summed E-state index contributed by atoms with van der Waals surface area (Å²) in [6.07, 6.45) is 2.02. The molecule has 0 spiro atoms. The van der Waals surface area contributed by atoms with E-state index < -0.39 is 42.8 Å². The summed E-state index contributed by atoms with van der Waals surface area (Å²) < 4.78 is 47.7. The van der Waals surface area contributed by atoms with Gasteiger partial charge in [-0.15, -0.1) is 5.11 Å². The van der Waals surface area contributed by atoms with E-state index in [1.54, 1.807) is 55.5 Å². The maximum Gasteiger partial charge on any atom is 3.00 e. The number of hydrogen-bond acceptors (Lipinski definition) is 14. The molecule has 0 aliphatic heterocycles. The minimum Gasteiger partial charge on any atom is -0.871 e. The zero-order chi connectivity index (χ0) is 40.2. The van der Waals surface area contributed by atoms with Gasteiger partial charge in [0.2, 0.25) is 5.91 Å². The molecule has 0 bridgehead atoms. The van der Waals surface area contributed by atoms with Gasteiger partial charge in [-0.05, 0) is 60.8 Å². The fourth-order valence-electron chi connectivity index (χ4n) is 4.95. The quantitative estimate of drug-likeness (QED) is 0.173. The van der Waals surface area contributed by atoms with Crippen molar-refractivity contribution in [2.45, 2.75) is 23.6 Å². The Kier molecular flexibility index (Phi) is 15.6. The van der Waals surface area contributed by atoms with E-state index >= 15 is 0 Å².